The molecule has 0 aliphatic rings. The predicted molar refractivity (Wildman–Crippen MR) is 149 cm³/mol. The van der Waals surface area contributed by atoms with Gasteiger partial charge in [0.1, 0.15) is 22.5 Å². The van der Waals surface area contributed by atoms with Crippen molar-refractivity contribution in [3.05, 3.63) is 94.5 Å². The van der Waals surface area contributed by atoms with Gasteiger partial charge in [-0.15, -0.1) is 0 Å². The first-order valence-electron chi connectivity index (χ1n) is 12.7. The molecule has 2 aromatic carbocycles. The number of carbonyl (C=O) groups is 1. The van der Waals surface area contributed by atoms with Crippen LogP contribution in [0.1, 0.15) is 16.8 Å². The van der Waals surface area contributed by atoms with Crippen LogP contribution in [0, 0.1) is 11.6 Å². The highest BCUT2D eigenvalue weighted by Gasteiger charge is 2.19. The average molecular weight is 578 g/mol. The molecule has 0 fully saturated rings. The summed E-state index contributed by atoms with van der Waals surface area (Å²) in [6, 6.07) is 11.2. The van der Waals surface area contributed by atoms with E-state index < -0.39 is 23.1 Å². The van der Waals surface area contributed by atoms with Crippen molar-refractivity contribution in [1.29, 1.82) is 0 Å². The van der Waals surface area contributed by atoms with Crippen LogP contribution in [-0.4, -0.2) is 62.3 Å². The lowest BCUT2D eigenvalue weighted by atomic mass is 10.2. The van der Waals surface area contributed by atoms with Crippen molar-refractivity contribution in [2.24, 2.45) is 0 Å². The smallest absolute Gasteiger partial charge is 0.284 e. The molecule has 5 rings (SSSR count). The average Bonchev–Trinajstić information content (AvgIpc) is 3.40. The minimum Gasteiger partial charge on any atom is -0.453 e. The molecule has 1 amide bonds. The zero-order valence-corrected chi connectivity index (χ0v) is 22.2. The highest BCUT2D eigenvalue weighted by molar-refractivity contribution is 6.04. The molecule has 0 spiro atoms. The lowest BCUT2D eigenvalue weighted by molar-refractivity contribution is 0.102. The Morgan fingerprint density at radius 1 is 1.10 bits per heavy atom. The van der Waals surface area contributed by atoms with Crippen molar-refractivity contribution in [3.63, 3.8) is 0 Å². The first-order chi connectivity index (χ1) is 20.4. The normalized spacial score (nSPS) is 11.8. The van der Waals surface area contributed by atoms with Gasteiger partial charge in [-0.05, 0) is 48.9 Å². The van der Waals surface area contributed by atoms with E-state index in [2.05, 4.69) is 30.9 Å². The largest absolute Gasteiger partial charge is 0.453 e. The standard InChI is InChI=1S/C28H25F2N7O5/c1-41-13-10-18(15-38)33-26-24-23(9-11-31-25(24)35-36-26)42-22-7-4-17(14-21(22)30)34-27(39)20-8-12-32-37(28(20)40)19-5-2-16(29)3-6-19/h2-9,11-12,14,18,38H,10,13,15H2,1H3,(H,34,39)(H2,31,33,35,36)/t18-/m1/s1. The highest BCUT2D eigenvalue weighted by atomic mass is 19.1. The maximum Gasteiger partial charge on any atom is 0.284 e. The minimum atomic E-state index is -0.789. The van der Waals surface area contributed by atoms with Crippen molar-refractivity contribution < 1.29 is 28.2 Å². The van der Waals surface area contributed by atoms with Crippen molar-refractivity contribution in [2.45, 2.75) is 12.5 Å². The number of rotatable bonds is 11. The Bertz CT molecular complexity index is 1780. The number of aromatic amines is 1. The zero-order valence-electron chi connectivity index (χ0n) is 22.2. The quantitative estimate of drug-likeness (QED) is 0.184. The summed E-state index contributed by atoms with van der Waals surface area (Å²) in [5.74, 6) is -1.61. The summed E-state index contributed by atoms with van der Waals surface area (Å²) in [6.07, 6.45) is 3.24. The van der Waals surface area contributed by atoms with Crippen LogP contribution in [-0.2, 0) is 4.74 Å². The molecule has 0 saturated heterocycles. The molecule has 0 bridgehead atoms. The van der Waals surface area contributed by atoms with Gasteiger partial charge in [0.15, 0.2) is 23.0 Å². The number of benzene rings is 2. The van der Waals surface area contributed by atoms with Crippen molar-refractivity contribution >= 4 is 28.4 Å². The van der Waals surface area contributed by atoms with Crippen LogP contribution < -0.4 is 20.9 Å². The number of methoxy groups -OCH3 is 1. The summed E-state index contributed by atoms with van der Waals surface area (Å²) >= 11 is 0. The number of nitrogens with zero attached hydrogens (tertiary/aromatic N) is 4. The van der Waals surface area contributed by atoms with E-state index >= 15 is 4.39 Å². The van der Waals surface area contributed by atoms with E-state index in [1.54, 1.807) is 7.11 Å². The topological polar surface area (TPSA) is 156 Å². The molecule has 0 saturated carbocycles. The molecular weight excluding hydrogens is 552 g/mol. The van der Waals surface area contributed by atoms with Gasteiger partial charge in [0.25, 0.3) is 11.5 Å². The number of hydrogen-bond acceptors (Lipinski definition) is 9. The molecule has 12 nitrogen and oxygen atoms in total. The van der Waals surface area contributed by atoms with E-state index in [0.29, 0.717) is 29.9 Å². The van der Waals surface area contributed by atoms with E-state index in [-0.39, 0.29) is 41.1 Å². The molecule has 14 heteroatoms. The van der Waals surface area contributed by atoms with Gasteiger partial charge >= 0.3 is 0 Å². The van der Waals surface area contributed by atoms with Gasteiger partial charge in [-0.2, -0.15) is 14.9 Å². The molecule has 42 heavy (non-hydrogen) atoms. The second-order valence-corrected chi connectivity index (χ2v) is 9.05. The van der Waals surface area contributed by atoms with E-state index in [0.717, 1.165) is 22.9 Å². The van der Waals surface area contributed by atoms with E-state index in [4.69, 9.17) is 9.47 Å². The molecule has 0 aliphatic carbocycles. The maximum atomic E-state index is 15.1. The Kier molecular flexibility index (Phi) is 8.45. The molecule has 3 heterocycles. The third-order valence-electron chi connectivity index (χ3n) is 6.23. The number of ether oxygens (including phenoxy) is 2. The summed E-state index contributed by atoms with van der Waals surface area (Å²) in [6.45, 7) is 0.247. The first kappa shape index (κ1) is 28.3. The lowest BCUT2D eigenvalue weighted by Crippen LogP contribution is -2.29. The van der Waals surface area contributed by atoms with Crippen LogP contribution >= 0.6 is 0 Å². The SMILES string of the molecule is COCC[C@H](CO)Nc1n[nH]c2nccc(Oc3ccc(NC(=O)c4ccnn(-c5ccc(F)cc5)c4=O)cc3F)c12. The van der Waals surface area contributed by atoms with Crippen molar-refractivity contribution in [1.82, 2.24) is 25.0 Å². The number of hydrogen-bond donors (Lipinski definition) is 4. The second-order valence-electron chi connectivity index (χ2n) is 9.05. The number of halogens is 2. The van der Waals surface area contributed by atoms with Gasteiger partial charge in [-0.25, -0.2) is 13.8 Å². The fourth-order valence-corrected chi connectivity index (χ4v) is 4.10. The Morgan fingerprint density at radius 3 is 2.64 bits per heavy atom. The number of anilines is 2. The van der Waals surface area contributed by atoms with Gasteiger partial charge in [0, 0.05) is 43.9 Å². The third kappa shape index (κ3) is 6.09. The molecule has 4 N–H and O–H groups in total. The van der Waals surface area contributed by atoms with Gasteiger partial charge in [0.05, 0.1) is 18.3 Å². The number of amides is 1. The van der Waals surface area contributed by atoms with Crippen LogP contribution in [0.25, 0.3) is 16.7 Å². The fourth-order valence-electron chi connectivity index (χ4n) is 4.10. The zero-order chi connectivity index (χ0) is 29.6. The van der Waals surface area contributed by atoms with Crippen LogP contribution in [0.5, 0.6) is 11.5 Å². The first-order valence-corrected chi connectivity index (χ1v) is 12.7. The molecular formula is C28H25F2N7O5. The Balaban J connectivity index is 1.34. The Hall–Kier alpha value is -5.21. The van der Waals surface area contributed by atoms with E-state index in [1.807, 2.05) is 0 Å². The molecule has 3 aromatic heterocycles. The Morgan fingerprint density at radius 2 is 1.90 bits per heavy atom. The molecule has 0 radical (unpaired) electrons. The highest BCUT2D eigenvalue weighted by Crippen LogP contribution is 2.34. The van der Waals surface area contributed by atoms with Crippen LogP contribution in [0.3, 0.4) is 0 Å². The third-order valence-corrected chi connectivity index (χ3v) is 6.23. The number of fused-ring (bicyclic) bond motifs is 1. The van der Waals surface area contributed by atoms with Crippen molar-refractivity contribution in [2.75, 3.05) is 31.0 Å². The molecule has 0 unspecified atom stereocenters. The predicted octanol–water partition coefficient (Wildman–Crippen LogP) is 3.64. The number of carbonyl (C=O) groups excluding carboxylic acids is 1. The number of aliphatic hydroxyl groups is 1. The van der Waals surface area contributed by atoms with Gasteiger partial charge in [-0.3, -0.25) is 14.7 Å². The monoisotopic (exact) mass is 577 g/mol. The number of H-pyrrole nitrogens is 1. The molecule has 216 valence electrons. The number of aliphatic hydroxyl groups excluding tert-OH is 1. The fraction of sp³-hybridized carbons (Fsp3) is 0.179. The molecule has 5 aromatic rings. The number of pyridine rings is 1. The second kappa shape index (κ2) is 12.5. The van der Waals surface area contributed by atoms with E-state index in [1.165, 1.54) is 48.8 Å². The summed E-state index contributed by atoms with van der Waals surface area (Å²) in [7, 11) is 1.56. The van der Waals surface area contributed by atoms with Crippen LogP contribution in [0.4, 0.5) is 20.3 Å². The molecule has 0 aliphatic heterocycles. The lowest BCUT2D eigenvalue weighted by Gasteiger charge is -2.16. The van der Waals surface area contributed by atoms with Crippen LogP contribution in [0.15, 0.2) is 71.8 Å². The summed E-state index contributed by atoms with van der Waals surface area (Å²) < 4.78 is 40.3. The minimum absolute atomic E-state index is 0.0730. The van der Waals surface area contributed by atoms with Gasteiger partial charge in [-0.1, -0.05) is 0 Å². The number of nitrogens with one attached hydrogen (secondary N) is 3. The van der Waals surface area contributed by atoms with E-state index in [9.17, 15) is 19.1 Å². The van der Waals surface area contributed by atoms with Gasteiger partial charge in [0.2, 0.25) is 0 Å². The summed E-state index contributed by atoms with van der Waals surface area (Å²) in [5, 5.41) is 26.7. The summed E-state index contributed by atoms with van der Waals surface area (Å²) in [4.78, 5) is 30.0. The Labute approximate surface area is 236 Å². The number of aromatic nitrogens is 5. The van der Waals surface area contributed by atoms with Crippen molar-refractivity contribution in [3.8, 4) is 17.2 Å². The maximum absolute atomic E-state index is 15.1. The summed E-state index contributed by atoms with van der Waals surface area (Å²) in [5.41, 5.74) is -0.262. The van der Waals surface area contributed by atoms with Crippen LogP contribution in [0.2, 0.25) is 0 Å². The molecule has 1 atom stereocenters. The van der Waals surface area contributed by atoms with Gasteiger partial charge < -0.3 is 25.2 Å².